The van der Waals surface area contributed by atoms with Crippen LogP contribution in [0.25, 0.3) is 0 Å². The number of nitrogens with one attached hydrogen (secondary N) is 2. The van der Waals surface area contributed by atoms with E-state index in [1.807, 2.05) is 60.4 Å². The SMILES string of the molecule is CCOc1cccc(NC(=O)N(CCCN2CCC(C)CC2)Cc2ccc(C(=O)Nc3ccccc3N)cc2)c1. The highest BCUT2D eigenvalue weighted by Crippen LogP contribution is 2.21. The van der Waals surface area contributed by atoms with Crippen molar-refractivity contribution in [3.63, 3.8) is 0 Å². The van der Waals surface area contributed by atoms with Gasteiger partial charge in [0.1, 0.15) is 5.75 Å². The Morgan fingerprint density at radius 1 is 1.00 bits per heavy atom. The van der Waals surface area contributed by atoms with Gasteiger partial charge in [-0.3, -0.25) is 4.79 Å². The maximum absolute atomic E-state index is 13.4. The first kappa shape index (κ1) is 29.0. The third kappa shape index (κ3) is 8.48. The number of benzene rings is 3. The molecule has 212 valence electrons. The van der Waals surface area contributed by atoms with Crippen LogP contribution in [-0.4, -0.2) is 54.5 Å². The molecule has 0 spiro atoms. The van der Waals surface area contributed by atoms with Gasteiger partial charge in [0.15, 0.2) is 0 Å². The zero-order chi connectivity index (χ0) is 28.3. The molecule has 1 aliphatic heterocycles. The van der Waals surface area contributed by atoms with Gasteiger partial charge in [-0.1, -0.05) is 37.3 Å². The molecular weight excluding hydrogens is 502 g/mol. The number of amides is 3. The van der Waals surface area contributed by atoms with Crippen LogP contribution in [0.4, 0.5) is 21.9 Å². The number of nitrogens with zero attached hydrogens (tertiary/aromatic N) is 2. The number of para-hydroxylation sites is 2. The second-order valence-corrected chi connectivity index (χ2v) is 10.4. The van der Waals surface area contributed by atoms with E-state index >= 15 is 0 Å². The van der Waals surface area contributed by atoms with Crippen LogP contribution in [0.15, 0.2) is 72.8 Å². The number of urea groups is 1. The first-order valence-corrected chi connectivity index (χ1v) is 14.2. The van der Waals surface area contributed by atoms with E-state index in [2.05, 4.69) is 22.5 Å². The lowest BCUT2D eigenvalue weighted by Crippen LogP contribution is -2.38. The van der Waals surface area contributed by atoms with Crippen LogP contribution in [-0.2, 0) is 6.54 Å². The van der Waals surface area contributed by atoms with Gasteiger partial charge in [-0.05, 0) is 93.7 Å². The van der Waals surface area contributed by atoms with Crippen molar-refractivity contribution in [3.8, 4) is 5.75 Å². The molecule has 40 heavy (non-hydrogen) atoms. The molecule has 0 bridgehead atoms. The topological polar surface area (TPSA) is 99.9 Å². The number of nitrogens with two attached hydrogens (primary N) is 1. The van der Waals surface area contributed by atoms with Crippen LogP contribution in [0.3, 0.4) is 0 Å². The quantitative estimate of drug-likeness (QED) is 0.255. The third-order valence-electron chi connectivity index (χ3n) is 7.26. The first-order valence-electron chi connectivity index (χ1n) is 14.2. The minimum Gasteiger partial charge on any atom is -0.494 e. The number of carbonyl (C=O) groups is 2. The van der Waals surface area contributed by atoms with Gasteiger partial charge in [0.05, 0.1) is 18.0 Å². The molecule has 1 fully saturated rings. The predicted octanol–water partition coefficient (Wildman–Crippen LogP) is 6.08. The van der Waals surface area contributed by atoms with Crippen LogP contribution in [0.2, 0.25) is 0 Å². The van der Waals surface area contributed by atoms with E-state index < -0.39 is 0 Å². The highest BCUT2D eigenvalue weighted by molar-refractivity contribution is 6.05. The Balaban J connectivity index is 1.40. The predicted molar refractivity (Wildman–Crippen MR) is 162 cm³/mol. The minimum atomic E-state index is -0.232. The number of anilines is 3. The summed E-state index contributed by atoms with van der Waals surface area (Å²) in [5.41, 5.74) is 9.21. The first-order chi connectivity index (χ1) is 19.4. The number of ether oxygens (including phenoxy) is 1. The molecule has 4 rings (SSSR count). The Labute approximate surface area is 237 Å². The summed E-state index contributed by atoms with van der Waals surface area (Å²) in [6.45, 7) is 9.08. The lowest BCUT2D eigenvalue weighted by atomic mass is 9.99. The largest absolute Gasteiger partial charge is 0.494 e. The van der Waals surface area contributed by atoms with Gasteiger partial charge in [-0.15, -0.1) is 0 Å². The Morgan fingerprint density at radius 2 is 1.75 bits per heavy atom. The van der Waals surface area contributed by atoms with E-state index in [4.69, 9.17) is 10.5 Å². The summed E-state index contributed by atoms with van der Waals surface area (Å²) in [6, 6.07) is 21.8. The highest BCUT2D eigenvalue weighted by Gasteiger charge is 2.18. The zero-order valence-corrected chi connectivity index (χ0v) is 23.6. The molecular formula is C32H41N5O3. The third-order valence-corrected chi connectivity index (χ3v) is 7.26. The Kier molecular flexibility index (Phi) is 10.4. The lowest BCUT2D eigenvalue weighted by molar-refractivity contribution is 0.102. The Bertz CT molecular complexity index is 1260. The standard InChI is InChI=1S/C32H41N5O3/c1-3-40-28-9-6-8-27(22-28)34-32(39)37(19-7-18-36-20-16-24(2)17-21-36)23-25-12-14-26(15-13-25)31(38)35-30-11-5-4-10-29(30)33/h4-6,8-15,22,24H,3,7,16-21,23,33H2,1-2H3,(H,34,39)(H,35,38). The van der Waals surface area contributed by atoms with Gasteiger partial charge in [-0.25, -0.2) is 4.79 Å². The average Bonchev–Trinajstić information content (AvgIpc) is 2.95. The van der Waals surface area contributed by atoms with E-state index in [-0.39, 0.29) is 11.9 Å². The van der Waals surface area contributed by atoms with E-state index in [0.29, 0.717) is 42.3 Å². The number of carbonyl (C=O) groups excluding carboxylic acids is 2. The summed E-state index contributed by atoms with van der Waals surface area (Å²) in [5.74, 6) is 1.28. The van der Waals surface area contributed by atoms with Crippen molar-refractivity contribution in [1.29, 1.82) is 0 Å². The van der Waals surface area contributed by atoms with Crippen LogP contribution >= 0.6 is 0 Å². The number of likely N-dealkylation sites (tertiary alicyclic amines) is 1. The maximum Gasteiger partial charge on any atom is 0.322 e. The Hall–Kier alpha value is -4.04. The number of nitrogen functional groups attached to an aromatic ring is 1. The van der Waals surface area contributed by atoms with Crippen molar-refractivity contribution in [2.24, 2.45) is 5.92 Å². The number of piperidine rings is 1. The summed E-state index contributed by atoms with van der Waals surface area (Å²) in [4.78, 5) is 30.5. The van der Waals surface area contributed by atoms with Gasteiger partial charge < -0.3 is 30.9 Å². The lowest BCUT2D eigenvalue weighted by Gasteiger charge is -2.31. The van der Waals surface area contributed by atoms with E-state index in [1.165, 1.54) is 12.8 Å². The molecule has 0 radical (unpaired) electrons. The number of rotatable bonds is 11. The van der Waals surface area contributed by atoms with Crippen molar-refractivity contribution in [2.75, 3.05) is 49.2 Å². The summed E-state index contributed by atoms with van der Waals surface area (Å²) < 4.78 is 5.59. The van der Waals surface area contributed by atoms with Crippen LogP contribution in [0.1, 0.15) is 49.0 Å². The maximum atomic E-state index is 13.4. The summed E-state index contributed by atoms with van der Waals surface area (Å²) in [7, 11) is 0. The van der Waals surface area contributed by atoms with Crippen molar-refractivity contribution < 1.29 is 14.3 Å². The molecule has 0 saturated carbocycles. The van der Waals surface area contributed by atoms with Gasteiger partial charge in [0.2, 0.25) is 0 Å². The normalized spacial score (nSPS) is 13.9. The molecule has 1 aliphatic rings. The molecule has 3 aromatic carbocycles. The second kappa shape index (κ2) is 14.4. The van der Waals surface area contributed by atoms with Gasteiger partial charge >= 0.3 is 6.03 Å². The molecule has 1 heterocycles. The van der Waals surface area contributed by atoms with E-state index in [9.17, 15) is 9.59 Å². The molecule has 0 unspecified atom stereocenters. The van der Waals surface area contributed by atoms with E-state index in [1.54, 1.807) is 24.3 Å². The van der Waals surface area contributed by atoms with Gasteiger partial charge in [0.25, 0.3) is 5.91 Å². The summed E-state index contributed by atoms with van der Waals surface area (Å²) in [6.07, 6.45) is 3.36. The molecule has 3 aromatic rings. The smallest absolute Gasteiger partial charge is 0.322 e. The van der Waals surface area contributed by atoms with Crippen molar-refractivity contribution in [1.82, 2.24) is 9.80 Å². The van der Waals surface area contributed by atoms with Crippen molar-refractivity contribution in [3.05, 3.63) is 83.9 Å². The molecule has 0 atom stereocenters. The molecule has 4 N–H and O–H groups in total. The fourth-order valence-corrected chi connectivity index (χ4v) is 4.84. The van der Waals surface area contributed by atoms with Gasteiger partial charge in [0, 0.05) is 30.4 Å². The van der Waals surface area contributed by atoms with Crippen LogP contribution < -0.4 is 21.1 Å². The zero-order valence-electron chi connectivity index (χ0n) is 23.6. The number of hydrogen-bond donors (Lipinski definition) is 3. The second-order valence-electron chi connectivity index (χ2n) is 10.4. The molecule has 3 amide bonds. The summed E-state index contributed by atoms with van der Waals surface area (Å²) in [5, 5.41) is 5.89. The van der Waals surface area contributed by atoms with E-state index in [0.717, 1.165) is 43.3 Å². The molecule has 8 heteroatoms. The average molecular weight is 544 g/mol. The molecule has 0 aromatic heterocycles. The van der Waals surface area contributed by atoms with Gasteiger partial charge in [-0.2, -0.15) is 0 Å². The molecule has 8 nitrogen and oxygen atoms in total. The number of hydrogen-bond acceptors (Lipinski definition) is 5. The molecule has 0 aliphatic carbocycles. The monoisotopic (exact) mass is 543 g/mol. The van der Waals surface area contributed by atoms with Crippen LogP contribution in [0.5, 0.6) is 5.75 Å². The highest BCUT2D eigenvalue weighted by atomic mass is 16.5. The van der Waals surface area contributed by atoms with Crippen molar-refractivity contribution >= 4 is 29.0 Å². The fraction of sp³-hybridized carbons (Fsp3) is 0.375. The minimum absolute atomic E-state index is 0.165. The van der Waals surface area contributed by atoms with Crippen LogP contribution in [0, 0.1) is 5.92 Å². The molecule has 1 saturated heterocycles. The Morgan fingerprint density at radius 3 is 2.48 bits per heavy atom. The van der Waals surface area contributed by atoms with Crippen molar-refractivity contribution in [2.45, 2.75) is 39.7 Å². The summed E-state index contributed by atoms with van der Waals surface area (Å²) >= 11 is 0. The fourth-order valence-electron chi connectivity index (χ4n) is 4.84.